The van der Waals surface area contributed by atoms with Crippen LogP contribution in [0.1, 0.15) is 17.5 Å². The molecule has 1 aliphatic carbocycles. The molecular formula is C19H23NO4. The molecule has 1 saturated heterocycles. The number of amides is 1. The summed E-state index contributed by atoms with van der Waals surface area (Å²) >= 11 is 0. The van der Waals surface area contributed by atoms with Crippen LogP contribution in [0.3, 0.4) is 0 Å². The first-order chi connectivity index (χ1) is 11.7. The number of morpholine rings is 1. The fraction of sp³-hybridized carbons (Fsp3) is 0.421. The van der Waals surface area contributed by atoms with Gasteiger partial charge in [-0.1, -0.05) is 12.2 Å². The molecule has 24 heavy (non-hydrogen) atoms. The van der Waals surface area contributed by atoms with E-state index in [4.69, 9.17) is 14.2 Å². The van der Waals surface area contributed by atoms with Gasteiger partial charge in [0.15, 0.2) is 11.5 Å². The van der Waals surface area contributed by atoms with Crippen molar-refractivity contribution in [3.8, 4) is 11.5 Å². The van der Waals surface area contributed by atoms with Crippen LogP contribution in [0.15, 0.2) is 29.9 Å². The Labute approximate surface area is 142 Å². The third-order valence-corrected chi connectivity index (χ3v) is 4.43. The van der Waals surface area contributed by atoms with Gasteiger partial charge >= 0.3 is 0 Å². The molecule has 0 saturated carbocycles. The number of methoxy groups -OCH3 is 2. The van der Waals surface area contributed by atoms with Gasteiger partial charge in [0, 0.05) is 19.2 Å². The molecule has 0 N–H and O–H groups in total. The molecule has 0 radical (unpaired) electrons. The predicted octanol–water partition coefficient (Wildman–Crippen LogP) is 2.45. The van der Waals surface area contributed by atoms with Gasteiger partial charge < -0.3 is 19.1 Å². The third kappa shape index (κ3) is 3.62. The van der Waals surface area contributed by atoms with Crippen LogP contribution in [0.2, 0.25) is 0 Å². The van der Waals surface area contributed by atoms with E-state index in [1.54, 1.807) is 20.3 Å². The lowest BCUT2D eigenvalue weighted by molar-refractivity contribution is -0.129. The van der Waals surface area contributed by atoms with Crippen LogP contribution >= 0.6 is 0 Å². The maximum absolute atomic E-state index is 12.2. The molecule has 0 aromatic heterocycles. The van der Waals surface area contributed by atoms with Crippen LogP contribution in [0.25, 0.3) is 6.08 Å². The van der Waals surface area contributed by atoms with Gasteiger partial charge in [0.1, 0.15) is 0 Å². The minimum atomic E-state index is 0.0531. The van der Waals surface area contributed by atoms with Crippen LogP contribution in [-0.2, 0) is 16.0 Å². The predicted molar refractivity (Wildman–Crippen MR) is 92.4 cm³/mol. The Morgan fingerprint density at radius 3 is 2.54 bits per heavy atom. The van der Waals surface area contributed by atoms with Gasteiger partial charge in [-0.2, -0.15) is 0 Å². The van der Waals surface area contributed by atoms with Gasteiger partial charge in [-0.3, -0.25) is 4.79 Å². The number of nitrogens with zero attached hydrogens (tertiary/aromatic N) is 1. The fourth-order valence-corrected chi connectivity index (χ4v) is 3.04. The lowest BCUT2D eigenvalue weighted by Crippen LogP contribution is -2.39. The maximum atomic E-state index is 12.2. The van der Waals surface area contributed by atoms with Gasteiger partial charge in [0.05, 0.1) is 27.4 Å². The fourth-order valence-electron chi connectivity index (χ4n) is 3.04. The molecule has 1 heterocycles. The number of benzene rings is 1. The van der Waals surface area contributed by atoms with Gasteiger partial charge in [-0.15, -0.1) is 0 Å². The third-order valence-electron chi connectivity index (χ3n) is 4.43. The largest absolute Gasteiger partial charge is 0.493 e. The molecule has 128 valence electrons. The quantitative estimate of drug-likeness (QED) is 0.796. The molecule has 2 aliphatic rings. The summed E-state index contributed by atoms with van der Waals surface area (Å²) in [6.07, 6.45) is 7.55. The summed E-state index contributed by atoms with van der Waals surface area (Å²) in [6.45, 7) is 2.58. The van der Waals surface area contributed by atoms with Crippen molar-refractivity contribution >= 4 is 12.0 Å². The second-order valence-corrected chi connectivity index (χ2v) is 5.90. The monoisotopic (exact) mass is 329 g/mol. The van der Waals surface area contributed by atoms with Crippen molar-refractivity contribution in [2.45, 2.75) is 12.8 Å². The van der Waals surface area contributed by atoms with Crippen LogP contribution in [0, 0.1) is 0 Å². The summed E-state index contributed by atoms with van der Waals surface area (Å²) in [4.78, 5) is 14.0. The highest BCUT2D eigenvalue weighted by Crippen LogP contribution is 2.35. The first kappa shape index (κ1) is 16.6. The van der Waals surface area contributed by atoms with E-state index in [1.807, 2.05) is 23.1 Å². The first-order valence-electron chi connectivity index (χ1n) is 8.21. The molecule has 1 aromatic carbocycles. The van der Waals surface area contributed by atoms with Crippen LogP contribution in [0.4, 0.5) is 0 Å². The molecule has 5 heteroatoms. The van der Waals surface area contributed by atoms with Gasteiger partial charge in [0.2, 0.25) is 5.91 Å². The average Bonchev–Trinajstić information content (AvgIpc) is 2.65. The smallest absolute Gasteiger partial charge is 0.246 e. The zero-order valence-electron chi connectivity index (χ0n) is 14.2. The topological polar surface area (TPSA) is 48.0 Å². The molecular weight excluding hydrogens is 306 g/mol. The summed E-state index contributed by atoms with van der Waals surface area (Å²) < 4.78 is 16.0. The Morgan fingerprint density at radius 2 is 1.83 bits per heavy atom. The van der Waals surface area contributed by atoms with E-state index in [-0.39, 0.29) is 5.91 Å². The van der Waals surface area contributed by atoms with E-state index in [9.17, 15) is 4.79 Å². The minimum Gasteiger partial charge on any atom is -0.493 e. The van der Waals surface area contributed by atoms with E-state index >= 15 is 0 Å². The lowest BCUT2D eigenvalue weighted by atomic mass is 9.91. The van der Waals surface area contributed by atoms with Crippen molar-refractivity contribution in [3.05, 3.63) is 41.0 Å². The number of hydrogen-bond donors (Lipinski definition) is 0. The second-order valence-electron chi connectivity index (χ2n) is 5.90. The Hall–Kier alpha value is -2.27. The van der Waals surface area contributed by atoms with Crippen molar-refractivity contribution in [2.75, 3.05) is 40.5 Å². The Morgan fingerprint density at radius 1 is 1.12 bits per heavy atom. The summed E-state index contributed by atoms with van der Waals surface area (Å²) in [5, 5.41) is 0. The normalized spacial score (nSPS) is 17.4. The van der Waals surface area contributed by atoms with Gasteiger partial charge in [-0.05, 0) is 41.7 Å². The lowest BCUT2D eigenvalue weighted by Gasteiger charge is -2.25. The standard InChI is InChI=1S/C19H23NO4/c1-22-17-12-15-5-3-14(11-16(15)13-18(17)23-2)4-6-19(21)20-7-9-24-10-8-20/h4,6,11-13H,3,5,7-10H2,1-2H3. The molecule has 0 spiro atoms. The molecule has 0 unspecified atom stereocenters. The number of carbonyl (C=O) groups is 1. The zero-order chi connectivity index (χ0) is 16.9. The van der Waals surface area contributed by atoms with E-state index in [0.29, 0.717) is 26.3 Å². The number of hydrogen-bond acceptors (Lipinski definition) is 4. The van der Waals surface area contributed by atoms with Crippen molar-refractivity contribution in [2.24, 2.45) is 0 Å². The molecule has 1 fully saturated rings. The summed E-state index contributed by atoms with van der Waals surface area (Å²) in [5.41, 5.74) is 3.51. The average molecular weight is 329 g/mol. The first-order valence-corrected chi connectivity index (χ1v) is 8.21. The highest BCUT2D eigenvalue weighted by atomic mass is 16.5. The SMILES string of the molecule is COc1cc2c(cc1OC)CCC(C=CC(=O)N1CCOCC1)=C2. The molecule has 1 aromatic rings. The number of rotatable bonds is 4. The molecule has 1 amide bonds. The van der Waals surface area contributed by atoms with Crippen molar-refractivity contribution < 1.29 is 19.0 Å². The highest BCUT2D eigenvalue weighted by molar-refractivity contribution is 5.88. The Bertz CT molecular complexity index is 672. The van der Waals surface area contributed by atoms with Gasteiger partial charge in [-0.25, -0.2) is 0 Å². The van der Waals surface area contributed by atoms with Crippen LogP contribution < -0.4 is 9.47 Å². The number of fused-ring (bicyclic) bond motifs is 1. The molecule has 0 atom stereocenters. The van der Waals surface area contributed by atoms with E-state index in [0.717, 1.165) is 35.5 Å². The maximum Gasteiger partial charge on any atom is 0.246 e. The second kappa shape index (κ2) is 7.53. The van der Waals surface area contributed by atoms with Gasteiger partial charge in [0.25, 0.3) is 0 Å². The summed E-state index contributed by atoms with van der Waals surface area (Å²) in [6, 6.07) is 4.02. The van der Waals surface area contributed by atoms with Crippen LogP contribution in [0.5, 0.6) is 11.5 Å². The molecule has 1 aliphatic heterocycles. The van der Waals surface area contributed by atoms with E-state index in [2.05, 4.69) is 6.08 Å². The van der Waals surface area contributed by atoms with Crippen molar-refractivity contribution in [3.63, 3.8) is 0 Å². The van der Waals surface area contributed by atoms with Crippen LogP contribution in [-0.4, -0.2) is 51.3 Å². The highest BCUT2D eigenvalue weighted by Gasteiger charge is 2.16. The van der Waals surface area contributed by atoms with Crippen molar-refractivity contribution in [1.29, 1.82) is 0 Å². The molecule has 0 bridgehead atoms. The van der Waals surface area contributed by atoms with Crippen molar-refractivity contribution in [1.82, 2.24) is 4.90 Å². The Balaban J connectivity index is 1.75. The number of aryl methyl sites for hydroxylation is 1. The summed E-state index contributed by atoms with van der Waals surface area (Å²) in [5.74, 6) is 1.53. The number of ether oxygens (including phenoxy) is 3. The molecule has 5 nitrogen and oxygen atoms in total. The Kier molecular flexibility index (Phi) is 5.20. The molecule has 3 rings (SSSR count). The summed E-state index contributed by atoms with van der Waals surface area (Å²) in [7, 11) is 3.28. The van der Waals surface area contributed by atoms with E-state index in [1.165, 1.54) is 5.56 Å². The number of allylic oxidation sites excluding steroid dienone is 2. The van der Waals surface area contributed by atoms with E-state index < -0.39 is 0 Å². The zero-order valence-corrected chi connectivity index (χ0v) is 14.2. The minimum absolute atomic E-state index is 0.0531. The number of carbonyl (C=O) groups excluding carboxylic acids is 1.